The highest BCUT2D eigenvalue weighted by Gasteiger charge is 2.19. The first-order valence-corrected chi connectivity index (χ1v) is 7.00. The fourth-order valence-electron chi connectivity index (χ4n) is 1.81. The molecule has 0 aliphatic rings. The van der Waals surface area contributed by atoms with Gasteiger partial charge in [-0.3, -0.25) is 4.79 Å². The molecule has 0 spiro atoms. The first-order chi connectivity index (χ1) is 10.6. The van der Waals surface area contributed by atoms with Gasteiger partial charge in [-0.2, -0.15) is 4.98 Å². The summed E-state index contributed by atoms with van der Waals surface area (Å²) in [4.78, 5) is 16.0. The van der Waals surface area contributed by atoms with Crippen molar-refractivity contribution in [2.24, 2.45) is 0 Å². The number of aliphatic hydroxyl groups excluding tert-OH is 1. The lowest BCUT2D eigenvalue weighted by atomic mass is 10.1. The topological polar surface area (TPSA) is 97.5 Å². The first-order valence-electron chi connectivity index (χ1n) is 6.62. The van der Waals surface area contributed by atoms with Crippen LogP contribution in [0.15, 0.2) is 28.8 Å². The first kappa shape index (κ1) is 16.4. The fraction of sp³-hybridized carbons (Fsp3) is 0.357. The van der Waals surface area contributed by atoms with E-state index in [1.54, 1.807) is 24.3 Å². The Morgan fingerprint density at radius 1 is 1.50 bits per heavy atom. The van der Waals surface area contributed by atoms with Crippen LogP contribution in [0, 0.1) is 0 Å². The number of carbonyl (C=O) groups excluding carboxylic acids is 1. The molecule has 1 heterocycles. The Morgan fingerprint density at radius 3 is 3.00 bits per heavy atom. The van der Waals surface area contributed by atoms with Gasteiger partial charge in [-0.05, 0) is 6.07 Å². The van der Waals surface area contributed by atoms with Crippen LogP contribution in [0.25, 0.3) is 0 Å². The van der Waals surface area contributed by atoms with Crippen LogP contribution in [0.3, 0.4) is 0 Å². The van der Waals surface area contributed by atoms with Gasteiger partial charge in [0.25, 0.3) is 5.91 Å². The van der Waals surface area contributed by atoms with Crippen LogP contribution in [0.1, 0.15) is 23.4 Å². The zero-order valence-electron chi connectivity index (χ0n) is 12.0. The molecule has 0 saturated carbocycles. The predicted octanol–water partition coefficient (Wildman–Crippen LogP) is 1.26. The zero-order valence-corrected chi connectivity index (χ0v) is 12.7. The van der Waals surface area contributed by atoms with Gasteiger partial charge in [-0.1, -0.05) is 35.0 Å². The molecule has 118 valence electrons. The van der Waals surface area contributed by atoms with E-state index in [0.717, 1.165) is 0 Å². The fourth-order valence-corrected chi connectivity index (χ4v) is 2.05. The number of methoxy groups -OCH3 is 1. The Labute approximate surface area is 132 Å². The van der Waals surface area contributed by atoms with Crippen molar-refractivity contribution in [1.82, 2.24) is 15.5 Å². The summed E-state index contributed by atoms with van der Waals surface area (Å²) < 4.78 is 9.86. The van der Waals surface area contributed by atoms with Crippen LogP contribution in [0.4, 0.5) is 0 Å². The van der Waals surface area contributed by atoms with Gasteiger partial charge in [-0.25, -0.2) is 0 Å². The highest BCUT2D eigenvalue weighted by Crippen LogP contribution is 2.22. The summed E-state index contributed by atoms with van der Waals surface area (Å²) in [5.41, 5.74) is 0.363. The van der Waals surface area contributed by atoms with E-state index in [-0.39, 0.29) is 13.2 Å². The van der Waals surface area contributed by atoms with Crippen molar-refractivity contribution in [3.8, 4) is 0 Å². The molecule has 22 heavy (non-hydrogen) atoms. The van der Waals surface area contributed by atoms with E-state index < -0.39 is 12.0 Å². The number of rotatable bonds is 7. The summed E-state index contributed by atoms with van der Waals surface area (Å²) in [5.74, 6) is 0.296. The number of nitrogens with zero attached hydrogens (tertiary/aromatic N) is 2. The van der Waals surface area contributed by atoms with Gasteiger partial charge in [0.15, 0.2) is 11.9 Å². The van der Waals surface area contributed by atoms with Gasteiger partial charge < -0.3 is 19.7 Å². The van der Waals surface area contributed by atoms with Crippen molar-refractivity contribution in [3.05, 3.63) is 46.6 Å². The Bertz CT molecular complexity index is 632. The third kappa shape index (κ3) is 4.27. The zero-order chi connectivity index (χ0) is 15.9. The number of ether oxygens (including phenoxy) is 1. The average molecular weight is 326 g/mol. The quantitative estimate of drug-likeness (QED) is 0.795. The minimum atomic E-state index is -1.32. The van der Waals surface area contributed by atoms with E-state index in [1.807, 2.05) is 0 Å². The number of carbonyl (C=O) groups is 1. The molecule has 0 fully saturated rings. The van der Waals surface area contributed by atoms with Crippen LogP contribution in [0.2, 0.25) is 5.02 Å². The van der Waals surface area contributed by atoms with E-state index in [1.165, 1.54) is 7.11 Å². The van der Waals surface area contributed by atoms with Crippen LogP contribution in [-0.4, -0.2) is 34.8 Å². The van der Waals surface area contributed by atoms with Crippen LogP contribution >= 0.6 is 11.6 Å². The summed E-state index contributed by atoms with van der Waals surface area (Å²) in [6, 6.07) is 6.64. The number of nitrogens with one attached hydrogen (secondary N) is 1. The monoisotopic (exact) mass is 325 g/mol. The molecule has 0 saturated heterocycles. The van der Waals surface area contributed by atoms with Crippen molar-refractivity contribution >= 4 is 17.5 Å². The maximum absolute atomic E-state index is 11.9. The molecule has 0 aliphatic carbocycles. The number of halogens is 1. The molecule has 0 unspecified atom stereocenters. The number of hydrogen-bond acceptors (Lipinski definition) is 6. The third-order valence-corrected chi connectivity index (χ3v) is 3.21. The second-order valence-corrected chi connectivity index (χ2v) is 4.91. The molecule has 0 aliphatic heterocycles. The molecule has 2 N–H and O–H groups in total. The van der Waals surface area contributed by atoms with Gasteiger partial charge in [0.2, 0.25) is 5.89 Å². The molecule has 7 nitrogen and oxygen atoms in total. The molecule has 1 amide bonds. The normalized spacial score (nSPS) is 12.1. The third-order valence-electron chi connectivity index (χ3n) is 2.87. The SMILES string of the molecule is COCc1noc(CCNC(=O)[C@H](O)c2ccccc2Cl)n1. The lowest BCUT2D eigenvalue weighted by Gasteiger charge is -2.12. The van der Waals surface area contributed by atoms with Crippen LogP contribution in [0.5, 0.6) is 0 Å². The molecule has 1 aromatic carbocycles. The van der Waals surface area contributed by atoms with E-state index in [2.05, 4.69) is 15.5 Å². The minimum Gasteiger partial charge on any atom is -0.378 e. The highest BCUT2D eigenvalue weighted by atomic mass is 35.5. The highest BCUT2D eigenvalue weighted by molar-refractivity contribution is 6.31. The van der Waals surface area contributed by atoms with Gasteiger partial charge in [0.1, 0.15) is 6.61 Å². The second-order valence-electron chi connectivity index (χ2n) is 4.50. The van der Waals surface area contributed by atoms with Gasteiger partial charge >= 0.3 is 0 Å². The molecule has 8 heteroatoms. The summed E-state index contributed by atoms with van der Waals surface area (Å²) in [6.07, 6.45) is -0.960. The Morgan fingerprint density at radius 2 is 2.27 bits per heavy atom. The maximum atomic E-state index is 11.9. The molecule has 1 aromatic heterocycles. The van der Waals surface area contributed by atoms with Crippen LogP contribution in [-0.2, 0) is 22.6 Å². The minimum absolute atomic E-state index is 0.259. The van der Waals surface area contributed by atoms with Gasteiger partial charge in [0, 0.05) is 30.7 Å². The Kier molecular flexibility index (Phi) is 5.88. The lowest BCUT2D eigenvalue weighted by Crippen LogP contribution is -2.31. The van der Waals surface area contributed by atoms with E-state index in [4.69, 9.17) is 20.9 Å². The predicted molar refractivity (Wildman–Crippen MR) is 78.1 cm³/mol. The largest absolute Gasteiger partial charge is 0.378 e. The number of benzene rings is 1. The van der Waals surface area contributed by atoms with Crippen molar-refractivity contribution in [1.29, 1.82) is 0 Å². The maximum Gasteiger partial charge on any atom is 0.253 e. The average Bonchev–Trinajstić information content (AvgIpc) is 2.95. The number of aromatic nitrogens is 2. The van der Waals surface area contributed by atoms with E-state index in [9.17, 15) is 9.90 Å². The van der Waals surface area contributed by atoms with Crippen molar-refractivity contribution in [2.75, 3.05) is 13.7 Å². The van der Waals surface area contributed by atoms with Crippen molar-refractivity contribution in [2.45, 2.75) is 19.1 Å². The molecule has 0 radical (unpaired) electrons. The summed E-state index contributed by atoms with van der Waals surface area (Å²) >= 11 is 5.94. The number of hydrogen-bond donors (Lipinski definition) is 2. The molecule has 2 aromatic rings. The van der Waals surface area contributed by atoms with Crippen molar-refractivity contribution < 1.29 is 19.2 Å². The summed E-state index contributed by atoms with van der Waals surface area (Å²) in [7, 11) is 1.53. The lowest BCUT2D eigenvalue weighted by molar-refractivity contribution is -0.129. The van der Waals surface area contributed by atoms with Gasteiger partial charge in [-0.15, -0.1) is 0 Å². The summed E-state index contributed by atoms with van der Waals surface area (Å²) in [5, 5.41) is 16.6. The summed E-state index contributed by atoms with van der Waals surface area (Å²) in [6.45, 7) is 0.524. The molecular weight excluding hydrogens is 310 g/mol. The Balaban J connectivity index is 1.83. The van der Waals surface area contributed by atoms with Crippen LogP contribution < -0.4 is 5.32 Å². The standard InChI is InChI=1S/C14H16ClN3O4/c1-21-8-11-17-12(22-18-11)6-7-16-14(20)13(19)9-4-2-3-5-10(9)15/h2-5,13,19H,6-8H2,1H3,(H,16,20)/t13-/m1/s1. The molecular formula is C14H16ClN3O4. The van der Waals surface area contributed by atoms with Gasteiger partial charge in [0.05, 0.1) is 0 Å². The number of amides is 1. The Hall–Kier alpha value is -1.96. The van der Waals surface area contributed by atoms with E-state index >= 15 is 0 Å². The smallest absolute Gasteiger partial charge is 0.253 e. The van der Waals surface area contributed by atoms with Crippen molar-refractivity contribution in [3.63, 3.8) is 0 Å². The molecule has 2 rings (SSSR count). The number of aliphatic hydroxyl groups is 1. The second kappa shape index (κ2) is 7.88. The van der Waals surface area contributed by atoms with E-state index in [0.29, 0.717) is 28.7 Å². The molecule has 1 atom stereocenters. The molecule has 0 bridgehead atoms.